The monoisotopic (exact) mass is 295 g/mol. The molecule has 0 amide bonds. The van der Waals surface area contributed by atoms with Gasteiger partial charge >= 0.3 is 11.9 Å². The van der Waals surface area contributed by atoms with Gasteiger partial charge in [0.15, 0.2) is 0 Å². The molecular weight excluding hydrogens is 277 g/mol. The van der Waals surface area contributed by atoms with E-state index >= 15 is 0 Å². The van der Waals surface area contributed by atoms with Crippen molar-refractivity contribution in [3.8, 4) is 0 Å². The van der Waals surface area contributed by atoms with Gasteiger partial charge in [0.2, 0.25) is 7.37 Å². The van der Waals surface area contributed by atoms with Gasteiger partial charge in [-0.25, -0.2) is 0 Å². The van der Waals surface area contributed by atoms with Gasteiger partial charge in [-0.3, -0.25) is 14.2 Å². The molecule has 3 unspecified atom stereocenters. The highest BCUT2D eigenvalue weighted by Gasteiger charge is 2.26. The molecule has 0 aromatic carbocycles. The molecule has 0 heterocycles. The smallest absolute Gasteiger partial charge is 0.320 e. The summed E-state index contributed by atoms with van der Waals surface area (Å²) in [5.74, 6) is -3.18. The third-order valence-corrected chi connectivity index (χ3v) is 4.54. The van der Waals surface area contributed by atoms with Gasteiger partial charge in [-0.05, 0) is 12.8 Å². The van der Waals surface area contributed by atoms with Gasteiger partial charge < -0.3 is 25.6 Å². The highest BCUT2D eigenvalue weighted by atomic mass is 31.2. The summed E-state index contributed by atoms with van der Waals surface area (Å²) in [7, 11) is -3.69. The van der Waals surface area contributed by atoms with E-state index in [-0.39, 0.29) is 31.6 Å². The number of rotatable bonds is 10. The second kappa shape index (κ2) is 8.04. The topological polar surface area (TPSA) is 155 Å². The summed E-state index contributed by atoms with van der Waals surface area (Å²) in [6.45, 7) is 0. The molecule has 0 radical (unpaired) electrons. The summed E-state index contributed by atoms with van der Waals surface area (Å²) in [6.07, 6.45) is -0.670. The lowest BCUT2D eigenvalue weighted by atomic mass is 10.1. The van der Waals surface area contributed by atoms with Crippen molar-refractivity contribution in [1.29, 1.82) is 0 Å². The third-order valence-electron chi connectivity index (χ3n) is 2.55. The van der Waals surface area contributed by atoms with E-state index < -0.39 is 31.3 Å². The molecule has 0 spiro atoms. The summed E-state index contributed by atoms with van der Waals surface area (Å²) < 4.78 is 11.8. The molecule has 0 bridgehead atoms. The summed E-state index contributed by atoms with van der Waals surface area (Å²) in [6, 6.07) is -1.23. The minimum Gasteiger partial charge on any atom is -0.481 e. The lowest BCUT2D eigenvalue weighted by Crippen LogP contribution is -2.31. The largest absolute Gasteiger partial charge is 0.481 e. The van der Waals surface area contributed by atoms with Gasteiger partial charge in [-0.2, -0.15) is 0 Å². The van der Waals surface area contributed by atoms with Gasteiger partial charge in [0, 0.05) is 24.7 Å². The fourth-order valence-electron chi connectivity index (χ4n) is 1.43. The molecule has 0 fully saturated rings. The number of hydrogen-bond acceptors (Lipinski definition) is 5. The number of aliphatic carboxylic acids is 2. The van der Waals surface area contributed by atoms with Crippen LogP contribution in [-0.4, -0.2) is 51.7 Å². The van der Waals surface area contributed by atoms with Crippen LogP contribution in [-0.2, 0) is 18.9 Å². The Kier molecular flexibility index (Phi) is 7.51. The van der Waals surface area contributed by atoms with E-state index in [0.717, 1.165) is 0 Å². The summed E-state index contributed by atoms with van der Waals surface area (Å²) in [5, 5.41) is 17.0. The van der Waals surface area contributed by atoms with Crippen molar-refractivity contribution in [1.82, 2.24) is 0 Å². The molecule has 0 aliphatic heterocycles. The van der Waals surface area contributed by atoms with Crippen molar-refractivity contribution in [3.63, 3.8) is 0 Å². The second-order valence-corrected chi connectivity index (χ2v) is 6.82. The SMILES string of the molecule is NC(CCP(=O)(O)CC(C=O)CCC(=O)O)C(=O)O. The lowest BCUT2D eigenvalue weighted by Gasteiger charge is -2.16. The predicted octanol–water partition coefficient (Wildman–Crippen LogP) is -0.261. The first-order valence-electron chi connectivity index (χ1n) is 5.64. The molecule has 0 aromatic heterocycles. The van der Waals surface area contributed by atoms with E-state index in [1.807, 2.05) is 0 Å². The normalized spacial score (nSPS) is 17.2. The van der Waals surface area contributed by atoms with E-state index in [4.69, 9.17) is 15.9 Å². The van der Waals surface area contributed by atoms with Gasteiger partial charge in [0.1, 0.15) is 12.3 Å². The van der Waals surface area contributed by atoms with Gasteiger partial charge in [0.05, 0.1) is 0 Å². The zero-order valence-electron chi connectivity index (χ0n) is 10.3. The minimum atomic E-state index is -3.69. The van der Waals surface area contributed by atoms with Crippen molar-refractivity contribution >= 4 is 25.6 Å². The molecular formula is C10H18NO7P. The molecule has 0 saturated heterocycles. The van der Waals surface area contributed by atoms with Crippen LogP contribution in [0.5, 0.6) is 0 Å². The minimum absolute atomic E-state index is 0.0195. The maximum atomic E-state index is 11.8. The maximum absolute atomic E-state index is 11.8. The molecule has 5 N–H and O–H groups in total. The van der Waals surface area contributed by atoms with Crippen molar-refractivity contribution < 1.29 is 34.1 Å². The van der Waals surface area contributed by atoms with Crippen molar-refractivity contribution in [2.75, 3.05) is 12.3 Å². The molecule has 0 aliphatic rings. The Morgan fingerprint density at radius 2 is 1.84 bits per heavy atom. The molecule has 110 valence electrons. The van der Waals surface area contributed by atoms with Crippen LogP contribution in [0.25, 0.3) is 0 Å². The number of nitrogens with two attached hydrogens (primary N) is 1. The fraction of sp³-hybridized carbons (Fsp3) is 0.700. The van der Waals surface area contributed by atoms with E-state index in [1.54, 1.807) is 0 Å². The first-order chi connectivity index (χ1) is 8.68. The van der Waals surface area contributed by atoms with Crippen LogP contribution in [0.2, 0.25) is 0 Å². The molecule has 0 aromatic rings. The van der Waals surface area contributed by atoms with Gasteiger partial charge in [-0.1, -0.05) is 0 Å². The molecule has 0 rings (SSSR count). The average Bonchev–Trinajstić information content (AvgIpc) is 2.31. The molecule has 0 saturated carbocycles. The lowest BCUT2D eigenvalue weighted by molar-refractivity contribution is -0.139. The van der Waals surface area contributed by atoms with Crippen molar-refractivity contribution in [2.45, 2.75) is 25.3 Å². The Morgan fingerprint density at radius 3 is 2.26 bits per heavy atom. The summed E-state index contributed by atoms with van der Waals surface area (Å²) in [5.41, 5.74) is 5.21. The zero-order chi connectivity index (χ0) is 15.1. The predicted molar refractivity (Wildman–Crippen MR) is 66.2 cm³/mol. The Balaban J connectivity index is 4.31. The van der Waals surface area contributed by atoms with E-state index in [1.165, 1.54) is 0 Å². The Labute approximate surface area is 110 Å². The average molecular weight is 295 g/mol. The highest BCUT2D eigenvalue weighted by Crippen LogP contribution is 2.43. The first-order valence-corrected chi connectivity index (χ1v) is 7.67. The highest BCUT2D eigenvalue weighted by molar-refractivity contribution is 7.58. The summed E-state index contributed by atoms with van der Waals surface area (Å²) >= 11 is 0. The molecule has 8 nitrogen and oxygen atoms in total. The van der Waals surface area contributed by atoms with Crippen molar-refractivity contribution in [2.24, 2.45) is 11.7 Å². The second-order valence-electron chi connectivity index (χ2n) is 4.31. The third kappa shape index (κ3) is 8.47. The Morgan fingerprint density at radius 1 is 1.26 bits per heavy atom. The Hall–Kier alpha value is -1.24. The van der Waals surface area contributed by atoms with Gasteiger partial charge in [-0.15, -0.1) is 0 Å². The maximum Gasteiger partial charge on any atom is 0.320 e. The number of carboxylic acids is 2. The molecule has 3 atom stereocenters. The van der Waals surface area contributed by atoms with Crippen LogP contribution in [0.1, 0.15) is 19.3 Å². The summed E-state index contributed by atoms with van der Waals surface area (Å²) in [4.78, 5) is 41.1. The molecule has 19 heavy (non-hydrogen) atoms. The fourth-order valence-corrected chi connectivity index (χ4v) is 3.30. The van der Waals surface area contributed by atoms with E-state index in [0.29, 0.717) is 6.29 Å². The standard InChI is InChI=1S/C10H18NO7P/c11-8(10(15)16)3-4-19(17,18)6-7(5-12)1-2-9(13)14/h5,7-8H,1-4,6,11H2,(H,13,14)(H,15,16)(H,17,18). The van der Waals surface area contributed by atoms with Crippen LogP contribution < -0.4 is 5.73 Å². The van der Waals surface area contributed by atoms with Gasteiger partial charge in [0.25, 0.3) is 0 Å². The van der Waals surface area contributed by atoms with Crippen LogP contribution in [0.3, 0.4) is 0 Å². The van der Waals surface area contributed by atoms with E-state index in [9.17, 15) is 23.8 Å². The first kappa shape index (κ1) is 17.8. The number of carbonyl (C=O) groups excluding carboxylic acids is 1. The Bertz CT molecular complexity index is 384. The molecule has 0 aliphatic carbocycles. The number of hydrogen-bond donors (Lipinski definition) is 4. The molecule has 9 heteroatoms. The van der Waals surface area contributed by atoms with Crippen LogP contribution in [0.4, 0.5) is 0 Å². The number of aldehydes is 1. The quantitative estimate of drug-likeness (QED) is 0.317. The van der Waals surface area contributed by atoms with Crippen LogP contribution in [0.15, 0.2) is 0 Å². The zero-order valence-corrected chi connectivity index (χ0v) is 11.2. The van der Waals surface area contributed by atoms with Crippen LogP contribution in [0, 0.1) is 5.92 Å². The van der Waals surface area contributed by atoms with Crippen LogP contribution >= 0.6 is 7.37 Å². The van der Waals surface area contributed by atoms with Crippen molar-refractivity contribution in [3.05, 3.63) is 0 Å². The number of carbonyl (C=O) groups is 3. The number of carboxylic acid groups (broad SMARTS) is 2. The van der Waals surface area contributed by atoms with E-state index in [2.05, 4.69) is 0 Å².